The van der Waals surface area contributed by atoms with E-state index in [4.69, 9.17) is 16.3 Å². The standard InChI is InChI=1S/C12H8ClF3N4O/c13-11-18-17-9-5-6-10(19-20(9)11)21-8-4-2-1-3-7(8)12(14,15)16/h1-6,10,19H. The Bertz CT molecular complexity index is 698. The van der Waals surface area contributed by atoms with Gasteiger partial charge in [-0.1, -0.05) is 12.1 Å². The molecule has 110 valence electrons. The zero-order valence-corrected chi connectivity index (χ0v) is 11.1. The van der Waals surface area contributed by atoms with Crippen molar-refractivity contribution in [1.82, 2.24) is 14.9 Å². The lowest BCUT2D eigenvalue weighted by atomic mass is 10.2. The van der Waals surface area contributed by atoms with Gasteiger partial charge < -0.3 is 4.74 Å². The monoisotopic (exact) mass is 316 g/mol. The predicted octanol–water partition coefficient (Wildman–Crippen LogP) is 2.93. The molecular formula is C12H8ClF3N4O. The highest BCUT2D eigenvalue weighted by Crippen LogP contribution is 2.36. The number of hydrogen-bond donors (Lipinski definition) is 1. The number of halogens is 4. The van der Waals surface area contributed by atoms with Crippen molar-refractivity contribution in [2.75, 3.05) is 5.43 Å². The molecule has 1 unspecified atom stereocenters. The Morgan fingerprint density at radius 3 is 2.76 bits per heavy atom. The first-order valence-electron chi connectivity index (χ1n) is 5.84. The average molecular weight is 317 g/mol. The van der Waals surface area contributed by atoms with Crippen molar-refractivity contribution in [3.05, 3.63) is 47.0 Å². The summed E-state index contributed by atoms with van der Waals surface area (Å²) < 4.78 is 45.3. The molecule has 21 heavy (non-hydrogen) atoms. The summed E-state index contributed by atoms with van der Waals surface area (Å²) in [6, 6.07) is 4.98. The molecule has 1 aliphatic heterocycles. The molecule has 9 heteroatoms. The van der Waals surface area contributed by atoms with E-state index in [1.54, 1.807) is 6.08 Å². The van der Waals surface area contributed by atoms with Crippen LogP contribution in [0.4, 0.5) is 13.2 Å². The van der Waals surface area contributed by atoms with E-state index in [2.05, 4.69) is 15.6 Å². The van der Waals surface area contributed by atoms with Crippen molar-refractivity contribution in [2.45, 2.75) is 12.4 Å². The lowest BCUT2D eigenvalue weighted by molar-refractivity contribution is -0.139. The van der Waals surface area contributed by atoms with E-state index in [1.807, 2.05) is 0 Å². The number of rotatable bonds is 2. The largest absolute Gasteiger partial charge is 0.465 e. The Morgan fingerprint density at radius 2 is 2.00 bits per heavy atom. The molecule has 1 aromatic heterocycles. The number of fused-ring (bicyclic) bond motifs is 1. The van der Waals surface area contributed by atoms with Crippen LogP contribution in [0.25, 0.3) is 6.08 Å². The fourth-order valence-electron chi connectivity index (χ4n) is 1.85. The molecule has 0 spiro atoms. The van der Waals surface area contributed by atoms with Crippen molar-refractivity contribution in [2.24, 2.45) is 0 Å². The van der Waals surface area contributed by atoms with E-state index in [0.29, 0.717) is 5.82 Å². The quantitative estimate of drug-likeness (QED) is 0.925. The summed E-state index contributed by atoms with van der Waals surface area (Å²) in [5, 5.41) is 7.44. The number of nitrogens with zero attached hydrogens (tertiary/aromatic N) is 3. The molecule has 1 atom stereocenters. The molecule has 2 aromatic rings. The molecule has 1 N–H and O–H groups in total. The van der Waals surface area contributed by atoms with Gasteiger partial charge in [-0.3, -0.25) is 5.43 Å². The van der Waals surface area contributed by atoms with Crippen molar-refractivity contribution in [3.8, 4) is 5.75 Å². The molecule has 0 aliphatic carbocycles. The van der Waals surface area contributed by atoms with E-state index >= 15 is 0 Å². The Balaban J connectivity index is 1.85. The minimum absolute atomic E-state index is 0.0621. The maximum Gasteiger partial charge on any atom is 0.419 e. The van der Waals surface area contributed by atoms with Gasteiger partial charge in [-0.2, -0.15) is 13.2 Å². The first-order valence-corrected chi connectivity index (χ1v) is 6.21. The van der Waals surface area contributed by atoms with Gasteiger partial charge in [0.2, 0.25) is 11.5 Å². The maximum atomic E-state index is 12.9. The minimum Gasteiger partial charge on any atom is -0.465 e. The van der Waals surface area contributed by atoms with Crippen LogP contribution in [0.5, 0.6) is 5.75 Å². The second-order valence-electron chi connectivity index (χ2n) is 4.18. The summed E-state index contributed by atoms with van der Waals surface area (Å²) in [7, 11) is 0. The van der Waals surface area contributed by atoms with Crippen LogP contribution in [0.1, 0.15) is 11.4 Å². The molecule has 0 saturated heterocycles. The SMILES string of the molecule is FC(F)(F)c1ccccc1OC1C=Cc2nnc(Cl)n2N1. The summed E-state index contributed by atoms with van der Waals surface area (Å²) in [6.45, 7) is 0. The summed E-state index contributed by atoms with van der Waals surface area (Å²) >= 11 is 5.79. The highest BCUT2D eigenvalue weighted by Gasteiger charge is 2.34. The van der Waals surface area contributed by atoms with Gasteiger partial charge >= 0.3 is 6.18 Å². The van der Waals surface area contributed by atoms with Crippen LogP contribution in [0.15, 0.2) is 30.3 Å². The van der Waals surface area contributed by atoms with Gasteiger partial charge in [0.15, 0.2) is 5.82 Å². The van der Waals surface area contributed by atoms with Crippen LogP contribution in [-0.2, 0) is 6.18 Å². The zero-order chi connectivity index (χ0) is 15.0. The predicted molar refractivity (Wildman–Crippen MR) is 69.3 cm³/mol. The number of para-hydroxylation sites is 1. The average Bonchev–Trinajstić information content (AvgIpc) is 2.80. The molecule has 0 radical (unpaired) electrons. The molecule has 3 rings (SSSR count). The first-order chi connectivity index (χ1) is 9.95. The molecular weight excluding hydrogens is 309 g/mol. The fourth-order valence-corrected chi connectivity index (χ4v) is 2.03. The number of alkyl halides is 3. The van der Waals surface area contributed by atoms with Gasteiger partial charge in [-0.25, -0.2) is 4.68 Å². The van der Waals surface area contributed by atoms with Gasteiger partial charge in [-0.15, -0.1) is 10.2 Å². The number of benzene rings is 1. The number of ether oxygens (including phenoxy) is 1. The Labute approximate surface area is 122 Å². The summed E-state index contributed by atoms with van der Waals surface area (Å²) in [5.41, 5.74) is 1.91. The van der Waals surface area contributed by atoms with Gasteiger partial charge in [0.05, 0.1) is 5.56 Å². The maximum absolute atomic E-state index is 12.9. The van der Waals surface area contributed by atoms with E-state index in [1.165, 1.54) is 29.0 Å². The van der Waals surface area contributed by atoms with Crippen LogP contribution in [0.3, 0.4) is 0 Å². The molecule has 0 bridgehead atoms. The van der Waals surface area contributed by atoms with E-state index < -0.39 is 18.0 Å². The molecule has 1 aromatic carbocycles. The highest BCUT2D eigenvalue weighted by molar-refractivity contribution is 6.28. The molecule has 0 saturated carbocycles. The first kappa shape index (κ1) is 13.7. The Morgan fingerprint density at radius 1 is 1.24 bits per heavy atom. The highest BCUT2D eigenvalue weighted by atomic mass is 35.5. The lowest BCUT2D eigenvalue weighted by Crippen LogP contribution is -2.35. The van der Waals surface area contributed by atoms with Gasteiger partial charge in [0.1, 0.15) is 5.75 Å². The molecule has 5 nitrogen and oxygen atoms in total. The summed E-state index contributed by atoms with van der Waals surface area (Å²) in [5.74, 6) is 0.156. The fraction of sp³-hybridized carbons (Fsp3) is 0.167. The smallest absolute Gasteiger partial charge is 0.419 e. The van der Waals surface area contributed by atoms with E-state index in [0.717, 1.165) is 6.07 Å². The zero-order valence-electron chi connectivity index (χ0n) is 10.3. The van der Waals surface area contributed by atoms with Crippen LogP contribution in [-0.4, -0.2) is 21.1 Å². The van der Waals surface area contributed by atoms with Gasteiger partial charge in [-0.05, 0) is 35.9 Å². The van der Waals surface area contributed by atoms with Crippen molar-refractivity contribution >= 4 is 17.7 Å². The van der Waals surface area contributed by atoms with Crippen LogP contribution in [0, 0.1) is 0 Å². The topological polar surface area (TPSA) is 52.0 Å². The van der Waals surface area contributed by atoms with Gasteiger partial charge in [0, 0.05) is 0 Å². The van der Waals surface area contributed by atoms with Crippen molar-refractivity contribution in [3.63, 3.8) is 0 Å². The molecule has 1 aliphatic rings. The third-order valence-electron chi connectivity index (χ3n) is 2.77. The normalized spacial score (nSPS) is 17.2. The number of aromatic nitrogens is 3. The number of hydrogen-bond acceptors (Lipinski definition) is 4. The van der Waals surface area contributed by atoms with E-state index in [9.17, 15) is 13.2 Å². The van der Waals surface area contributed by atoms with Crippen LogP contribution < -0.4 is 10.2 Å². The van der Waals surface area contributed by atoms with Gasteiger partial charge in [0.25, 0.3) is 0 Å². The second-order valence-corrected chi connectivity index (χ2v) is 4.52. The molecule has 2 heterocycles. The second kappa shape index (κ2) is 4.96. The Hall–Kier alpha value is -2.22. The molecule has 0 amide bonds. The van der Waals surface area contributed by atoms with Crippen molar-refractivity contribution < 1.29 is 17.9 Å². The van der Waals surface area contributed by atoms with Crippen LogP contribution >= 0.6 is 11.6 Å². The lowest BCUT2D eigenvalue weighted by Gasteiger charge is -2.24. The molecule has 0 fully saturated rings. The minimum atomic E-state index is -4.49. The summed E-state index contributed by atoms with van der Waals surface area (Å²) in [4.78, 5) is 0. The van der Waals surface area contributed by atoms with Crippen LogP contribution in [0.2, 0.25) is 5.28 Å². The van der Waals surface area contributed by atoms with Crippen molar-refractivity contribution in [1.29, 1.82) is 0 Å². The Kier molecular flexibility index (Phi) is 3.25. The third kappa shape index (κ3) is 2.66. The van der Waals surface area contributed by atoms with E-state index in [-0.39, 0.29) is 11.0 Å². The third-order valence-corrected chi connectivity index (χ3v) is 3.02. The summed E-state index contributed by atoms with van der Waals surface area (Å²) in [6.07, 6.45) is -2.24. The number of nitrogens with one attached hydrogen (secondary N) is 1.